The molecule has 1 aromatic carbocycles. The number of methoxy groups -OCH3 is 1. The molecule has 0 spiro atoms. The normalized spacial score (nSPS) is 9.96. The van der Waals surface area contributed by atoms with E-state index in [4.69, 9.17) is 4.74 Å². The topological polar surface area (TPSA) is 80.3 Å². The van der Waals surface area contributed by atoms with Crippen molar-refractivity contribution in [1.82, 2.24) is 15.6 Å². The van der Waals surface area contributed by atoms with E-state index in [1.165, 1.54) is 0 Å². The van der Waals surface area contributed by atoms with Crippen molar-refractivity contribution in [1.29, 1.82) is 0 Å². The third kappa shape index (κ3) is 5.43. The van der Waals surface area contributed by atoms with Crippen LogP contribution < -0.4 is 15.4 Å². The van der Waals surface area contributed by atoms with Gasteiger partial charge in [0.25, 0.3) is 5.91 Å². The number of pyridine rings is 1. The number of nitrogens with one attached hydrogen (secondary N) is 2. The van der Waals surface area contributed by atoms with Crippen LogP contribution in [0.2, 0.25) is 0 Å². The third-order valence-corrected chi connectivity index (χ3v) is 3.18. The molecule has 1 aromatic heterocycles. The first-order valence-electron chi connectivity index (χ1n) is 7.27. The summed E-state index contributed by atoms with van der Waals surface area (Å²) in [5, 5.41) is 5.49. The second kappa shape index (κ2) is 8.53. The number of rotatable bonds is 7. The van der Waals surface area contributed by atoms with Gasteiger partial charge in [-0.05, 0) is 29.8 Å². The minimum Gasteiger partial charge on any atom is -0.497 e. The van der Waals surface area contributed by atoms with E-state index in [0.717, 1.165) is 5.56 Å². The Balaban J connectivity index is 1.71. The zero-order valence-corrected chi connectivity index (χ0v) is 12.9. The Morgan fingerprint density at radius 2 is 2.04 bits per heavy atom. The van der Waals surface area contributed by atoms with Crippen molar-refractivity contribution in [2.75, 3.05) is 13.7 Å². The molecule has 0 unspecified atom stereocenters. The van der Waals surface area contributed by atoms with Gasteiger partial charge < -0.3 is 15.4 Å². The van der Waals surface area contributed by atoms with Gasteiger partial charge in [0, 0.05) is 37.5 Å². The molecule has 23 heavy (non-hydrogen) atoms. The quantitative estimate of drug-likeness (QED) is 0.812. The number of aromatic nitrogens is 1. The summed E-state index contributed by atoms with van der Waals surface area (Å²) in [4.78, 5) is 27.7. The highest BCUT2D eigenvalue weighted by Crippen LogP contribution is 2.12. The fourth-order valence-electron chi connectivity index (χ4n) is 1.95. The summed E-state index contributed by atoms with van der Waals surface area (Å²) >= 11 is 0. The fraction of sp³-hybridized carbons (Fsp3) is 0.235. The van der Waals surface area contributed by atoms with Gasteiger partial charge in [0.2, 0.25) is 5.91 Å². The number of hydrogen-bond donors (Lipinski definition) is 2. The van der Waals surface area contributed by atoms with Crippen molar-refractivity contribution < 1.29 is 14.3 Å². The SMILES string of the molecule is COc1cccc(C(=O)NCCC(=O)NCc2cccnc2)c1. The first-order valence-corrected chi connectivity index (χ1v) is 7.27. The van der Waals surface area contributed by atoms with Gasteiger partial charge in [-0.1, -0.05) is 12.1 Å². The van der Waals surface area contributed by atoms with Gasteiger partial charge in [0.15, 0.2) is 0 Å². The molecule has 2 aromatic rings. The summed E-state index contributed by atoms with van der Waals surface area (Å²) < 4.78 is 5.07. The molecule has 2 amide bonds. The first-order chi connectivity index (χ1) is 11.2. The summed E-state index contributed by atoms with van der Waals surface area (Å²) in [6.07, 6.45) is 3.60. The number of hydrogen-bond acceptors (Lipinski definition) is 4. The molecule has 0 aliphatic heterocycles. The molecule has 1 heterocycles. The lowest BCUT2D eigenvalue weighted by Crippen LogP contribution is -2.30. The lowest BCUT2D eigenvalue weighted by molar-refractivity contribution is -0.121. The van der Waals surface area contributed by atoms with Crippen LogP contribution in [0.3, 0.4) is 0 Å². The third-order valence-electron chi connectivity index (χ3n) is 3.18. The zero-order chi connectivity index (χ0) is 16.5. The minimum atomic E-state index is -0.232. The zero-order valence-electron chi connectivity index (χ0n) is 12.9. The Bertz CT molecular complexity index is 659. The van der Waals surface area contributed by atoms with Gasteiger partial charge in [-0.15, -0.1) is 0 Å². The molecule has 0 saturated carbocycles. The van der Waals surface area contributed by atoms with Gasteiger partial charge in [-0.25, -0.2) is 0 Å². The van der Waals surface area contributed by atoms with Crippen molar-refractivity contribution in [3.8, 4) is 5.75 Å². The molecule has 0 saturated heterocycles. The van der Waals surface area contributed by atoms with Gasteiger partial charge >= 0.3 is 0 Å². The highest BCUT2D eigenvalue weighted by atomic mass is 16.5. The average Bonchev–Trinajstić information content (AvgIpc) is 2.60. The molecule has 6 heteroatoms. The molecule has 0 radical (unpaired) electrons. The van der Waals surface area contributed by atoms with Crippen LogP contribution in [0.4, 0.5) is 0 Å². The molecule has 0 aliphatic rings. The van der Waals surface area contributed by atoms with Crippen LogP contribution in [0.1, 0.15) is 22.3 Å². The predicted octanol–water partition coefficient (Wildman–Crippen LogP) is 1.53. The first kappa shape index (κ1) is 16.5. The van der Waals surface area contributed by atoms with Crippen LogP contribution in [-0.2, 0) is 11.3 Å². The summed E-state index contributed by atoms with van der Waals surface area (Å²) in [5.74, 6) is 0.260. The predicted molar refractivity (Wildman–Crippen MR) is 86.0 cm³/mol. The van der Waals surface area contributed by atoms with E-state index < -0.39 is 0 Å². The van der Waals surface area contributed by atoms with Gasteiger partial charge in [0.05, 0.1) is 7.11 Å². The van der Waals surface area contributed by atoms with Crippen molar-refractivity contribution in [3.05, 3.63) is 59.9 Å². The monoisotopic (exact) mass is 313 g/mol. The lowest BCUT2D eigenvalue weighted by atomic mass is 10.2. The van der Waals surface area contributed by atoms with Gasteiger partial charge in [-0.2, -0.15) is 0 Å². The Labute approximate surface area is 134 Å². The molecule has 120 valence electrons. The molecule has 0 atom stereocenters. The number of carbonyl (C=O) groups excluding carboxylic acids is 2. The summed E-state index contributed by atoms with van der Waals surface area (Å²) in [6.45, 7) is 0.700. The van der Waals surface area contributed by atoms with Crippen LogP contribution in [0, 0.1) is 0 Å². The summed E-state index contributed by atoms with van der Waals surface area (Å²) in [7, 11) is 1.55. The van der Waals surface area contributed by atoms with Crippen LogP contribution in [0.15, 0.2) is 48.8 Å². The molecule has 0 bridgehead atoms. The number of benzene rings is 1. The van der Waals surface area contributed by atoms with Crippen molar-refractivity contribution in [3.63, 3.8) is 0 Å². The fourth-order valence-corrected chi connectivity index (χ4v) is 1.95. The summed E-state index contributed by atoms with van der Waals surface area (Å²) in [5.41, 5.74) is 1.43. The Morgan fingerprint density at radius 3 is 2.78 bits per heavy atom. The maximum Gasteiger partial charge on any atom is 0.251 e. The maximum atomic E-state index is 12.0. The van der Waals surface area contributed by atoms with Gasteiger partial charge in [0.1, 0.15) is 5.75 Å². The Hall–Kier alpha value is -2.89. The molecule has 0 aliphatic carbocycles. The van der Waals surface area contributed by atoms with E-state index in [2.05, 4.69) is 15.6 Å². The summed E-state index contributed by atoms with van der Waals surface area (Å²) in [6, 6.07) is 10.6. The van der Waals surface area contributed by atoms with Gasteiger partial charge in [-0.3, -0.25) is 14.6 Å². The number of carbonyl (C=O) groups is 2. The van der Waals surface area contributed by atoms with Crippen LogP contribution in [0.5, 0.6) is 5.75 Å². The largest absolute Gasteiger partial charge is 0.497 e. The van der Waals surface area contributed by atoms with E-state index in [-0.39, 0.29) is 24.8 Å². The van der Waals surface area contributed by atoms with Crippen LogP contribution in [0.25, 0.3) is 0 Å². The van der Waals surface area contributed by atoms with E-state index in [0.29, 0.717) is 17.9 Å². The smallest absolute Gasteiger partial charge is 0.251 e. The molecular formula is C17H19N3O3. The lowest BCUT2D eigenvalue weighted by Gasteiger charge is -2.07. The highest BCUT2D eigenvalue weighted by Gasteiger charge is 2.07. The molecular weight excluding hydrogens is 294 g/mol. The minimum absolute atomic E-state index is 0.125. The molecule has 2 rings (SSSR count). The van der Waals surface area contributed by atoms with Crippen molar-refractivity contribution in [2.45, 2.75) is 13.0 Å². The van der Waals surface area contributed by atoms with E-state index in [1.54, 1.807) is 43.8 Å². The molecule has 6 nitrogen and oxygen atoms in total. The van der Waals surface area contributed by atoms with E-state index in [1.807, 2.05) is 12.1 Å². The standard InChI is InChI=1S/C17H19N3O3/c1-23-15-6-2-5-14(10-15)17(22)19-9-7-16(21)20-12-13-4-3-8-18-11-13/h2-6,8,10-11H,7,9,12H2,1H3,(H,19,22)(H,20,21). The maximum absolute atomic E-state index is 12.0. The highest BCUT2D eigenvalue weighted by molar-refractivity contribution is 5.94. The van der Waals surface area contributed by atoms with Crippen LogP contribution in [-0.4, -0.2) is 30.5 Å². The molecule has 0 fully saturated rings. The second-order valence-electron chi connectivity index (χ2n) is 4.88. The Kier molecular flexibility index (Phi) is 6.11. The molecule has 2 N–H and O–H groups in total. The average molecular weight is 313 g/mol. The Morgan fingerprint density at radius 1 is 1.17 bits per heavy atom. The van der Waals surface area contributed by atoms with E-state index >= 15 is 0 Å². The van der Waals surface area contributed by atoms with Crippen molar-refractivity contribution in [2.24, 2.45) is 0 Å². The number of ether oxygens (including phenoxy) is 1. The van der Waals surface area contributed by atoms with Crippen LogP contribution >= 0.6 is 0 Å². The number of nitrogens with zero attached hydrogens (tertiary/aromatic N) is 1. The van der Waals surface area contributed by atoms with E-state index in [9.17, 15) is 9.59 Å². The number of amides is 2. The van der Waals surface area contributed by atoms with Crippen molar-refractivity contribution >= 4 is 11.8 Å². The second-order valence-corrected chi connectivity index (χ2v) is 4.88.